The van der Waals surface area contributed by atoms with E-state index in [0.717, 1.165) is 17.7 Å². The van der Waals surface area contributed by atoms with Gasteiger partial charge in [0.2, 0.25) is 0 Å². The molecule has 1 fully saturated rings. The lowest BCUT2D eigenvalue weighted by Gasteiger charge is -2.22. The number of hydrogen-bond donors (Lipinski definition) is 2. The third-order valence-corrected chi connectivity index (χ3v) is 4.27. The molecule has 0 aromatic carbocycles. The molecule has 0 unspecified atom stereocenters. The zero-order valence-corrected chi connectivity index (χ0v) is 12.1. The number of anilines is 1. The molecule has 0 saturated heterocycles. The molecule has 110 valence electrons. The van der Waals surface area contributed by atoms with Crippen LogP contribution in [0.15, 0.2) is 29.8 Å². The quantitative estimate of drug-likeness (QED) is 0.657. The predicted molar refractivity (Wildman–Crippen MR) is 79.2 cm³/mol. The number of nitrogen functional groups attached to an aromatic ring is 1. The van der Waals surface area contributed by atoms with Gasteiger partial charge in [-0.1, -0.05) is 6.07 Å². The lowest BCUT2D eigenvalue weighted by atomic mass is 10.2. The molecule has 21 heavy (non-hydrogen) atoms. The van der Waals surface area contributed by atoms with Gasteiger partial charge >= 0.3 is 0 Å². The Hall–Kier alpha value is -1.99. The molecule has 0 bridgehead atoms. The van der Waals surface area contributed by atoms with Crippen molar-refractivity contribution in [1.29, 1.82) is 0 Å². The monoisotopic (exact) mass is 306 g/mol. The molecular formula is C14H15FN4OS. The molecule has 0 aliphatic heterocycles. The topological polar surface area (TPSA) is 71.2 Å². The minimum Gasteiger partial charge on any atom is -0.330 e. The second kappa shape index (κ2) is 5.79. The fourth-order valence-corrected chi connectivity index (χ4v) is 2.89. The van der Waals surface area contributed by atoms with E-state index in [0.29, 0.717) is 6.54 Å². The van der Waals surface area contributed by atoms with Crippen molar-refractivity contribution < 1.29 is 9.18 Å². The van der Waals surface area contributed by atoms with Crippen LogP contribution in [0.1, 0.15) is 28.1 Å². The maximum atomic E-state index is 14.2. The molecule has 1 aliphatic carbocycles. The summed E-state index contributed by atoms with van der Waals surface area (Å²) in [5.41, 5.74) is 2.17. The fourth-order valence-electron chi connectivity index (χ4n) is 2.19. The molecule has 5 nitrogen and oxygen atoms in total. The molecule has 1 aliphatic rings. The van der Waals surface area contributed by atoms with Crippen LogP contribution in [0.5, 0.6) is 0 Å². The van der Waals surface area contributed by atoms with Gasteiger partial charge in [-0.15, -0.1) is 11.3 Å². The standard InChI is InChI=1S/C14H15FN4OS/c15-12-11(5-6-17-13(12)18-16)14(20)19(9-3-4-9)8-10-2-1-7-21-10/h1-2,5-7,9H,3-4,8,16H2,(H,17,18). The summed E-state index contributed by atoms with van der Waals surface area (Å²) in [6.07, 6.45) is 3.30. The minimum absolute atomic E-state index is 0.00130. The van der Waals surface area contributed by atoms with Gasteiger partial charge in [0, 0.05) is 17.1 Å². The highest BCUT2D eigenvalue weighted by molar-refractivity contribution is 7.09. The van der Waals surface area contributed by atoms with Crippen LogP contribution in [-0.4, -0.2) is 21.8 Å². The summed E-state index contributed by atoms with van der Waals surface area (Å²) < 4.78 is 14.2. The molecular weight excluding hydrogens is 291 g/mol. The van der Waals surface area contributed by atoms with Crippen LogP contribution in [-0.2, 0) is 6.54 Å². The Kier molecular flexibility index (Phi) is 3.85. The van der Waals surface area contributed by atoms with Crippen molar-refractivity contribution in [3.8, 4) is 0 Å². The average Bonchev–Trinajstić information content (AvgIpc) is 3.21. The van der Waals surface area contributed by atoms with Crippen molar-refractivity contribution in [1.82, 2.24) is 9.88 Å². The van der Waals surface area contributed by atoms with E-state index < -0.39 is 5.82 Å². The van der Waals surface area contributed by atoms with Crippen LogP contribution in [0, 0.1) is 5.82 Å². The molecule has 2 aromatic heterocycles. The van der Waals surface area contributed by atoms with Crippen molar-refractivity contribution in [2.24, 2.45) is 5.84 Å². The van der Waals surface area contributed by atoms with E-state index >= 15 is 0 Å². The van der Waals surface area contributed by atoms with E-state index in [9.17, 15) is 9.18 Å². The largest absolute Gasteiger partial charge is 0.330 e. The Balaban J connectivity index is 1.87. The van der Waals surface area contributed by atoms with Crippen LogP contribution in [0.25, 0.3) is 0 Å². The summed E-state index contributed by atoms with van der Waals surface area (Å²) in [6.45, 7) is 0.508. The van der Waals surface area contributed by atoms with Gasteiger partial charge in [0.15, 0.2) is 11.6 Å². The van der Waals surface area contributed by atoms with E-state index in [2.05, 4.69) is 10.4 Å². The van der Waals surface area contributed by atoms with Crippen molar-refractivity contribution in [3.63, 3.8) is 0 Å². The Morgan fingerprint density at radius 1 is 1.52 bits per heavy atom. The highest BCUT2D eigenvalue weighted by atomic mass is 32.1. The van der Waals surface area contributed by atoms with E-state index in [1.165, 1.54) is 12.3 Å². The minimum atomic E-state index is -0.707. The molecule has 3 N–H and O–H groups in total. The first kappa shape index (κ1) is 14.0. The maximum Gasteiger partial charge on any atom is 0.257 e. The molecule has 1 amide bonds. The average molecular weight is 306 g/mol. The van der Waals surface area contributed by atoms with Crippen LogP contribution >= 0.6 is 11.3 Å². The Morgan fingerprint density at radius 2 is 2.33 bits per heavy atom. The lowest BCUT2D eigenvalue weighted by Crippen LogP contribution is -2.33. The Bertz CT molecular complexity index is 642. The van der Waals surface area contributed by atoms with Gasteiger partial charge in [0.25, 0.3) is 5.91 Å². The lowest BCUT2D eigenvalue weighted by molar-refractivity contribution is 0.0727. The van der Waals surface area contributed by atoms with Crippen LogP contribution in [0.4, 0.5) is 10.2 Å². The van der Waals surface area contributed by atoms with Gasteiger partial charge in [-0.3, -0.25) is 4.79 Å². The third kappa shape index (κ3) is 2.88. The van der Waals surface area contributed by atoms with E-state index in [1.807, 2.05) is 17.5 Å². The van der Waals surface area contributed by atoms with Gasteiger partial charge in [-0.25, -0.2) is 15.2 Å². The van der Waals surface area contributed by atoms with Gasteiger partial charge < -0.3 is 10.3 Å². The van der Waals surface area contributed by atoms with Gasteiger partial charge in [0.05, 0.1) is 12.1 Å². The molecule has 1 saturated carbocycles. The Morgan fingerprint density at radius 3 is 2.95 bits per heavy atom. The van der Waals surface area contributed by atoms with E-state index in [4.69, 9.17) is 5.84 Å². The molecule has 0 radical (unpaired) electrons. The fraction of sp³-hybridized carbons (Fsp3) is 0.286. The number of thiophene rings is 1. The number of halogens is 1. The number of amides is 1. The van der Waals surface area contributed by atoms with Crippen molar-refractivity contribution in [2.45, 2.75) is 25.4 Å². The first-order chi connectivity index (χ1) is 10.2. The van der Waals surface area contributed by atoms with Crippen molar-refractivity contribution >= 4 is 23.1 Å². The second-order valence-corrected chi connectivity index (χ2v) is 5.94. The number of nitrogens with two attached hydrogens (primary N) is 1. The van der Waals surface area contributed by atoms with Crippen molar-refractivity contribution in [2.75, 3.05) is 5.43 Å². The van der Waals surface area contributed by atoms with Crippen molar-refractivity contribution in [3.05, 3.63) is 46.0 Å². The maximum absolute atomic E-state index is 14.2. The summed E-state index contributed by atoms with van der Waals surface area (Å²) >= 11 is 1.59. The molecule has 2 heterocycles. The molecule has 7 heteroatoms. The van der Waals surface area contributed by atoms with E-state index in [-0.39, 0.29) is 23.3 Å². The van der Waals surface area contributed by atoms with Gasteiger partial charge in [-0.2, -0.15) is 0 Å². The number of aromatic nitrogens is 1. The summed E-state index contributed by atoms with van der Waals surface area (Å²) in [7, 11) is 0. The number of rotatable bonds is 5. The van der Waals surface area contributed by atoms with Crippen LogP contribution < -0.4 is 11.3 Å². The number of nitrogens with zero attached hydrogens (tertiary/aromatic N) is 2. The zero-order chi connectivity index (χ0) is 14.8. The SMILES string of the molecule is NNc1nccc(C(=O)N(Cc2cccs2)C2CC2)c1F. The first-order valence-corrected chi connectivity index (χ1v) is 7.53. The zero-order valence-electron chi connectivity index (χ0n) is 11.3. The molecule has 0 spiro atoms. The molecule has 0 atom stereocenters. The highest BCUT2D eigenvalue weighted by Gasteiger charge is 2.34. The normalized spacial score (nSPS) is 14.0. The first-order valence-electron chi connectivity index (χ1n) is 6.65. The Labute approximate surface area is 125 Å². The predicted octanol–water partition coefficient (Wildman–Crippen LogP) is 2.37. The molecule has 3 rings (SSSR count). The summed E-state index contributed by atoms with van der Waals surface area (Å²) in [5.74, 6) is 4.06. The highest BCUT2D eigenvalue weighted by Crippen LogP contribution is 2.31. The van der Waals surface area contributed by atoms with Gasteiger partial charge in [-0.05, 0) is 30.4 Å². The smallest absolute Gasteiger partial charge is 0.257 e. The van der Waals surface area contributed by atoms with Crippen LogP contribution in [0.3, 0.4) is 0 Å². The number of nitrogens with one attached hydrogen (secondary N) is 1. The summed E-state index contributed by atoms with van der Waals surface area (Å²) in [4.78, 5) is 19.2. The van der Waals surface area contributed by atoms with Crippen LogP contribution in [0.2, 0.25) is 0 Å². The third-order valence-electron chi connectivity index (χ3n) is 3.41. The number of hydrazine groups is 1. The number of carbonyl (C=O) groups excluding carboxylic acids is 1. The second-order valence-electron chi connectivity index (χ2n) is 4.91. The number of hydrogen-bond acceptors (Lipinski definition) is 5. The number of carbonyl (C=O) groups is 1. The summed E-state index contributed by atoms with van der Waals surface area (Å²) in [6, 6.07) is 5.51. The van der Waals surface area contributed by atoms with Gasteiger partial charge in [0.1, 0.15) is 0 Å². The van der Waals surface area contributed by atoms with E-state index in [1.54, 1.807) is 16.2 Å². The number of pyridine rings is 1. The molecule has 2 aromatic rings. The summed E-state index contributed by atoms with van der Waals surface area (Å²) in [5, 5.41) is 1.97.